The zero-order valence-electron chi connectivity index (χ0n) is 18.4. The molecule has 0 saturated heterocycles. The van der Waals surface area contributed by atoms with Gasteiger partial charge in [0.2, 0.25) is 0 Å². The minimum Gasteiger partial charge on any atom is -0.344 e. The highest BCUT2D eigenvalue weighted by Crippen LogP contribution is 2.34. The summed E-state index contributed by atoms with van der Waals surface area (Å²) in [6, 6.07) is 4.20. The molecule has 0 bridgehead atoms. The van der Waals surface area contributed by atoms with Gasteiger partial charge in [0.25, 0.3) is 5.91 Å². The fraction of sp³-hybridized carbons (Fsp3) is 0.304. The highest BCUT2D eigenvalue weighted by molar-refractivity contribution is 5.95. The topological polar surface area (TPSA) is 104 Å². The summed E-state index contributed by atoms with van der Waals surface area (Å²) >= 11 is 0. The molecule has 0 aliphatic rings. The number of nitrogens with zero attached hydrogens (tertiary/aromatic N) is 5. The molecule has 1 amide bonds. The Bertz CT molecular complexity index is 1220. The van der Waals surface area contributed by atoms with Gasteiger partial charge in [-0.2, -0.15) is 18.4 Å². The van der Waals surface area contributed by atoms with Crippen molar-refractivity contribution >= 4 is 5.91 Å². The van der Waals surface area contributed by atoms with Crippen LogP contribution in [0.5, 0.6) is 0 Å². The number of nitriles is 1. The molecule has 0 aliphatic carbocycles. The number of rotatable bonds is 5. The van der Waals surface area contributed by atoms with E-state index in [2.05, 4.69) is 25.3 Å². The highest BCUT2D eigenvalue weighted by Gasteiger charge is 2.34. The van der Waals surface area contributed by atoms with Gasteiger partial charge in [0, 0.05) is 30.4 Å². The summed E-state index contributed by atoms with van der Waals surface area (Å²) in [4.78, 5) is 29.9. The summed E-state index contributed by atoms with van der Waals surface area (Å²) in [5.74, 6) is -0.438. The van der Waals surface area contributed by atoms with Crippen LogP contribution in [0.4, 0.5) is 13.2 Å². The Balaban J connectivity index is 1.96. The molecule has 3 aromatic rings. The van der Waals surface area contributed by atoms with Crippen LogP contribution < -0.4 is 5.32 Å². The summed E-state index contributed by atoms with van der Waals surface area (Å²) in [5.41, 5.74) is -0.790. The number of carbonyl (C=O) groups excluding carboxylic acids is 1. The zero-order chi connectivity index (χ0) is 24.4. The Morgan fingerprint density at radius 3 is 2.24 bits per heavy atom. The molecule has 7 nitrogen and oxygen atoms in total. The lowest BCUT2D eigenvalue weighted by molar-refractivity contribution is -0.137. The number of halogens is 3. The number of hydrogen-bond acceptors (Lipinski definition) is 6. The van der Waals surface area contributed by atoms with Crippen molar-refractivity contribution in [2.45, 2.75) is 45.3 Å². The monoisotopic (exact) mass is 454 g/mol. The molecule has 1 unspecified atom stereocenters. The summed E-state index contributed by atoms with van der Waals surface area (Å²) < 4.78 is 40.4. The first kappa shape index (κ1) is 23.8. The Kier molecular flexibility index (Phi) is 6.44. The van der Waals surface area contributed by atoms with Crippen molar-refractivity contribution < 1.29 is 18.0 Å². The van der Waals surface area contributed by atoms with E-state index < -0.39 is 29.1 Å². The Morgan fingerprint density at radius 1 is 1.03 bits per heavy atom. The lowest BCUT2D eigenvalue weighted by atomic mass is 9.84. The number of alkyl halides is 3. The summed E-state index contributed by atoms with van der Waals surface area (Å²) in [6.45, 7) is 6.44. The van der Waals surface area contributed by atoms with Crippen LogP contribution in [0.1, 0.15) is 59.6 Å². The summed E-state index contributed by atoms with van der Waals surface area (Å²) in [5, 5.41) is 12.0. The molecule has 0 fully saturated rings. The second kappa shape index (κ2) is 8.94. The molecule has 0 radical (unpaired) electrons. The normalized spacial score (nSPS) is 12.7. The second-order valence-corrected chi connectivity index (χ2v) is 8.10. The molecule has 33 heavy (non-hydrogen) atoms. The number of carbonyl (C=O) groups is 1. The fourth-order valence-electron chi connectivity index (χ4n) is 3.05. The van der Waals surface area contributed by atoms with Gasteiger partial charge in [0.05, 0.1) is 28.8 Å². The Morgan fingerprint density at radius 2 is 1.64 bits per heavy atom. The third kappa shape index (κ3) is 5.31. The minimum absolute atomic E-state index is 0.0888. The number of aromatic nitrogens is 4. The molecule has 0 spiro atoms. The van der Waals surface area contributed by atoms with Crippen LogP contribution >= 0.6 is 0 Å². The van der Waals surface area contributed by atoms with Crippen LogP contribution in [0.2, 0.25) is 0 Å². The predicted molar refractivity (Wildman–Crippen MR) is 114 cm³/mol. The number of hydrogen-bond donors (Lipinski definition) is 1. The van der Waals surface area contributed by atoms with Crippen molar-refractivity contribution in [1.29, 1.82) is 5.26 Å². The smallest absolute Gasteiger partial charge is 0.344 e. The second-order valence-electron chi connectivity index (χ2n) is 8.10. The first-order valence-electron chi connectivity index (χ1n) is 9.97. The maximum atomic E-state index is 13.5. The minimum atomic E-state index is -4.68. The van der Waals surface area contributed by atoms with Gasteiger partial charge in [-0.05, 0) is 57.0 Å². The third-order valence-corrected chi connectivity index (χ3v) is 5.00. The number of nitrogens with one attached hydrogen (secondary N) is 1. The lowest BCUT2D eigenvalue weighted by Crippen LogP contribution is -2.29. The van der Waals surface area contributed by atoms with Crippen LogP contribution in [0, 0.1) is 18.3 Å². The number of benzene rings is 1. The zero-order valence-corrected chi connectivity index (χ0v) is 18.4. The van der Waals surface area contributed by atoms with Crippen LogP contribution in [-0.2, 0) is 11.6 Å². The van der Waals surface area contributed by atoms with Crippen LogP contribution in [0.3, 0.4) is 0 Å². The molecule has 2 aromatic heterocycles. The van der Waals surface area contributed by atoms with E-state index in [1.165, 1.54) is 32.3 Å². The maximum Gasteiger partial charge on any atom is 0.416 e. The lowest BCUT2D eigenvalue weighted by Gasteiger charge is -2.20. The molecule has 1 aromatic carbocycles. The SMILES string of the molecule is Cc1cnc(-c2nccnc2C(C)NC(=O)c2cc(C(F)(F)F)cc(C(C)(C)C#N)c2)nc1. The van der Waals surface area contributed by atoms with Crippen LogP contribution in [0.25, 0.3) is 11.5 Å². The van der Waals surface area contributed by atoms with E-state index in [-0.39, 0.29) is 11.1 Å². The van der Waals surface area contributed by atoms with Gasteiger partial charge in [-0.25, -0.2) is 15.0 Å². The highest BCUT2D eigenvalue weighted by atomic mass is 19.4. The molecule has 1 N–H and O–H groups in total. The van der Waals surface area contributed by atoms with Crippen molar-refractivity contribution in [3.8, 4) is 17.6 Å². The van der Waals surface area contributed by atoms with Gasteiger partial charge in [-0.15, -0.1) is 0 Å². The molecule has 1 atom stereocenters. The van der Waals surface area contributed by atoms with Crippen LogP contribution in [0.15, 0.2) is 43.0 Å². The first-order valence-corrected chi connectivity index (χ1v) is 9.97. The van der Waals surface area contributed by atoms with Crippen molar-refractivity contribution in [2.75, 3.05) is 0 Å². The largest absolute Gasteiger partial charge is 0.416 e. The van der Waals surface area contributed by atoms with Crippen molar-refractivity contribution in [1.82, 2.24) is 25.3 Å². The number of aryl methyl sites for hydroxylation is 1. The first-order chi connectivity index (χ1) is 15.4. The number of amides is 1. The Labute approximate surface area is 188 Å². The van der Waals surface area contributed by atoms with Gasteiger partial charge in [-0.1, -0.05) is 0 Å². The predicted octanol–water partition coefficient (Wildman–Crippen LogP) is 4.55. The summed E-state index contributed by atoms with van der Waals surface area (Å²) in [6.07, 6.45) is 1.45. The van der Waals surface area contributed by atoms with Crippen molar-refractivity contribution in [3.63, 3.8) is 0 Å². The van der Waals surface area contributed by atoms with Crippen LogP contribution in [-0.4, -0.2) is 25.8 Å². The van der Waals surface area contributed by atoms with Gasteiger partial charge >= 0.3 is 6.18 Å². The fourth-order valence-corrected chi connectivity index (χ4v) is 3.05. The third-order valence-electron chi connectivity index (χ3n) is 5.00. The van der Waals surface area contributed by atoms with E-state index in [1.54, 1.807) is 19.3 Å². The summed E-state index contributed by atoms with van der Waals surface area (Å²) in [7, 11) is 0. The van der Waals surface area contributed by atoms with E-state index in [0.29, 0.717) is 17.2 Å². The van der Waals surface area contributed by atoms with Gasteiger partial charge in [-0.3, -0.25) is 9.78 Å². The molecule has 0 aliphatic heterocycles. The van der Waals surface area contributed by atoms with E-state index in [1.807, 2.05) is 13.0 Å². The molecule has 10 heteroatoms. The van der Waals surface area contributed by atoms with E-state index in [4.69, 9.17) is 0 Å². The molecular formula is C23H21F3N6O. The van der Waals surface area contributed by atoms with Crippen molar-refractivity contribution in [3.05, 3.63) is 70.9 Å². The van der Waals surface area contributed by atoms with E-state index in [9.17, 15) is 23.2 Å². The maximum absolute atomic E-state index is 13.5. The molecule has 0 saturated carbocycles. The quantitative estimate of drug-likeness (QED) is 0.606. The average molecular weight is 454 g/mol. The van der Waals surface area contributed by atoms with Gasteiger partial charge in [0.1, 0.15) is 5.69 Å². The molecule has 170 valence electrons. The van der Waals surface area contributed by atoms with Gasteiger partial charge < -0.3 is 5.32 Å². The molecule has 2 heterocycles. The molecule has 3 rings (SSSR count). The van der Waals surface area contributed by atoms with Gasteiger partial charge in [0.15, 0.2) is 5.82 Å². The average Bonchev–Trinajstić information content (AvgIpc) is 2.78. The molecular weight excluding hydrogens is 433 g/mol. The Hall–Kier alpha value is -3.87. The van der Waals surface area contributed by atoms with E-state index in [0.717, 1.165) is 17.7 Å². The van der Waals surface area contributed by atoms with E-state index >= 15 is 0 Å². The van der Waals surface area contributed by atoms with Crippen molar-refractivity contribution in [2.24, 2.45) is 0 Å². The standard InChI is InChI=1S/C23H21F3N6O/c1-13-10-30-20(31-11-13)19-18(28-5-6-29-19)14(2)32-21(33)15-7-16(22(3,4)12-27)9-17(8-15)23(24,25)26/h5-11,14H,1-4H3,(H,32,33).